The van der Waals surface area contributed by atoms with Gasteiger partial charge < -0.3 is 33.8 Å². The molecule has 564 valence electrons. The highest BCUT2D eigenvalue weighted by molar-refractivity contribution is 7.47. The Balaban J connectivity index is 5.18. The van der Waals surface area contributed by atoms with E-state index in [1.165, 1.54) is 205 Å². The van der Waals surface area contributed by atoms with Crippen LogP contribution in [-0.4, -0.2) is 96.7 Å². The van der Waals surface area contributed by atoms with Gasteiger partial charge in [-0.2, -0.15) is 0 Å². The van der Waals surface area contributed by atoms with E-state index in [4.69, 9.17) is 37.0 Å². The number of unbranched alkanes of at least 4 members (excludes halogenated alkanes) is 45. The van der Waals surface area contributed by atoms with Crippen LogP contribution in [0.2, 0.25) is 0 Å². The number of hydrogen-bond acceptors (Lipinski definition) is 15. The monoisotopic (exact) mass is 1400 g/mol. The highest BCUT2D eigenvalue weighted by Gasteiger charge is 2.30. The molecule has 0 radical (unpaired) electrons. The van der Waals surface area contributed by atoms with Gasteiger partial charge in [0.2, 0.25) is 0 Å². The van der Waals surface area contributed by atoms with E-state index in [2.05, 4.69) is 41.5 Å². The van der Waals surface area contributed by atoms with Crippen molar-refractivity contribution in [3.05, 3.63) is 0 Å². The molecule has 17 nitrogen and oxygen atoms in total. The molecule has 95 heavy (non-hydrogen) atoms. The molecule has 0 aromatic rings. The quantitative estimate of drug-likeness (QED) is 0.0222. The lowest BCUT2D eigenvalue weighted by molar-refractivity contribution is -0.161. The van der Waals surface area contributed by atoms with Crippen LogP contribution in [0.5, 0.6) is 0 Å². The van der Waals surface area contributed by atoms with E-state index in [1.54, 1.807) is 0 Å². The zero-order valence-corrected chi connectivity index (χ0v) is 63.8. The topological polar surface area (TPSA) is 237 Å². The van der Waals surface area contributed by atoms with E-state index in [0.717, 1.165) is 108 Å². The molecule has 0 heterocycles. The zero-order chi connectivity index (χ0) is 70.0. The van der Waals surface area contributed by atoms with Gasteiger partial charge in [0.1, 0.15) is 19.3 Å². The number of carbonyl (C=O) groups excluding carboxylic acids is 4. The van der Waals surface area contributed by atoms with E-state index < -0.39 is 97.5 Å². The maximum Gasteiger partial charge on any atom is 0.472 e. The highest BCUT2D eigenvalue weighted by Crippen LogP contribution is 2.45. The van der Waals surface area contributed by atoms with E-state index >= 15 is 0 Å². The number of phosphoric acid groups is 2. The Morgan fingerprint density at radius 1 is 0.284 bits per heavy atom. The van der Waals surface area contributed by atoms with Gasteiger partial charge >= 0.3 is 39.5 Å². The molecule has 0 rings (SSSR count). The zero-order valence-electron chi connectivity index (χ0n) is 62.0. The van der Waals surface area contributed by atoms with Gasteiger partial charge in [0.05, 0.1) is 26.4 Å². The fraction of sp³-hybridized carbons (Fsp3) is 0.947. The van der Waals surface area contributed by atoms with Crippen LogP contribution in [-0.2, 0) is 65.4 Å². The number of phosphoric ester groups is 2. The summed E-state index contributed by atoms with van der Waals surface area (Å²) < 4.78 is 68.4. The fourth-order valence-corrected chi connectivity index (χ4v) is 13.2. The molecule has 2 unspecified atom stereocenters. The summed E-state index contributed by atoms with van der Waals surface area (Å²) >= 11 is 0. The van der Waals surface area contributed by atoms with Crippen molar-refractivity contribution in [1.29, 1.82) is 0 Å². The molecule has 3 N–H and O–H groups in total. The summed E-state index contributed by atoms with van der Waals surface area (Å²) in [7, 11) is -9.91. The van der Waals surface area contributed by atoms with Crippen molar-refractivity contribution in [3.63, 3.8) is 0 Å². The summed E-state index contributed by atoms with van der Waals surface area (Å²) in [6.45, 7) is 9.55. The molecule has 0 fully saturated rings. The molecule has 0 saturated carbocycles. The van der Waals surface area contributed by atoms with Crippen molar-refractivity contribution < 1.29 is 80.2 Å². The molecule has 0 aliphatic heterocycles. The first kappa shape index (κ1) is 93.1. The van der Waals surface area contributed by atoms with Gasteiger partial charge in [-0.15, -0.1) is 0 Å². The molecular weight excluding hydrogens is 1250 g/mol. The smallest absolute Gasteiger partial charge is 0.462 e. The maximum absolute atomic E-state index is 13.1. The predicted molar refractivity (Wildman–Crippen MR) is 386 cm³/mol. The minimum atomic E-state index is -4.96. The van der Waals surface area contributed by atoms with Gasteiger partial charge in [0, 0.05) is 25.7 Å². The SMILES string of the molecule is CCCCCCCCCCCCCCCCCCCCCCCC(=O)O[C@H](COC(=O)CCCCCCCCCCCCC(C)C)COP(=O)(O)OC[C@@H](O)COP(=O)(O)OC[C@@H](COC(=O)CCCCCCCCCC)OC(=O)CCCCCCCCCCCCC(C)C. The molecule has 0 saturated heterocycles. The van der Waals surface area contributed by atoms with Gasteiger partial charge in [-0.1, -0.05) is 343 Å². The van der Waals surface area contributed by atoms with Crippen molar-refractivity contribution in [2.45, 2.75) is 413 Å². The van der Waals surface area contributed by atoms with E-state index in [1.807, 2.05) is 0 Å². The Hall–Kier alpha value is -1.94. The highest BCUT2D eigenvalue weighted by atomic mass is 31.2. The number of rotatable bonds is 75. The van der Waals surface area contributed by atoms with Crippen molar-refractivity contribution >= 4 is 39.5 Å². The fourth-order valence-electron chi connectivity index (χ4n) is 11.7. The molecule has 0 aromatic heterocycles. The minimum Gasteiger partial charge on any atom is -0.462 e. The number of esters is 4. The van der Waals surface area contributed by atoms with Crippen LogP contribution in [0.1, 0.15) is 395 Å². The van der Waals surface area contributed by atoms with Gasteiger partial charge in [-0.05, 0) is 37.5 Å². The van der Waals surface area contributed by atoms with Gasteiger partial charge in [0.25, 0.3) is 0 Å². The van der Waals surface area contributed by atoms with Crippen molar-refractivity contribution in [1.82, 2.24) is 0 Å². The van der Waals surface area contributed by atoms with Crippen LogP contribution >= 0.6 is 15.6 Å². The number of carbonyl (C=O) groups is 4. The Morgan fingerprint density at radius 3 is 0.716 bits per heavy atom. The van der Waals surface area contributed by atoms with E-state index in [0.29, 0.717) is 25.7 Å². The molecule has 0 aliphatic carbocycles. The minimum absolute atomic E-state index is 0.106. The lowest BCUT2D eigenvalue weighted by Gasteiger charge is -2.21. The number of aliphatic hydroxyl groups excluding tert-OH is 1. The third kappa shape index (κ3) is 70.3. The molecular formula is C76H148O17P2. The average Bonchev–Trinajstić information content (AvgIpc) is 1.64. The van der Waals surface area contributed by atoms with Crippen LogP contribution in [0, 0.1) is 11.8 Å². The van der Waals surface area contributed by atoms with Gasteiger partial charge in [0.15, 0.2) is 12.2 Å². The Bertz CT molecular complexity index is 1840. The summed E-state index contributed by atoms with van der Waals surface area (Å²) in [5.41, 5.74) is 0. The first-order chi connectivity index (χ1) is 45.9. The number of ether oxygens (including phenoxy) is 4. The third-order valence-electron chi connectivity index (χ3n) is 17.7. The maximum atomic E-state index is 13.1. The second-order valence-electron chi connectivity index (χ2n) is 28.3. The summed E-state index contributed by atoms with van der Waals surface area (Å²) in [5, 5.41) is 10.6. The van der Waals surface area contributed by atoms with Crippen molar-refractivity contribution in [2.75, 3.05) is 39.6 Å². The lowest BCUT2D eigenvalue weighted by Crippen LogP contribution is -2.30. The predicted octanol–water partition coefficient (Wildman–Crippen LogP) is 22.3. The van der Waals surface area contributed by atoms with Crippen molar-refractivity contribution in [3.8, 4) is 0 Å². The summed E-state index contributed by atoms with van der Waals surface area (Å²) in [4.78, 5) is 72.7. The Morgan fingerprint density at radius 2 is 0.484 bits per heavy atom. The molecule has 19 heteroatoms. The van der Waals surface area contributed by atoms with Gasteiger partial charge in [-0.25, -0.2) is 9.13 Å². The first-order valence-corrected chi connectivity index (χ1v) is 42.5. The molecule has 0 amide bonds. The van der Waals surface area contributed by atoms with E-state index in [9.17, 15) is 43.2 Å². The number of hydrogen-bond donors (Lipinski definition) is 3. The second-order valence-corrected chi connectivity index (χ2v) is 31.3. The summed E-state index contributed by atoms with van der Waals surface area (Å²) in [5.74, 6) is -0.609. The van der Waals surface area contributed by atoms with E-state index in [-0.39, 0.29) is 25.7 Å². The van der Waals surface area contributed by atoms with Gasteiger partial charge in [-0.3, -0.25) is 37.3 Å². The molecule has 0 bridgehead atoms. The molecule has 0 spiro atoms. The summed E-state index contributed by atoms with van der Waals surface area (Å²) in [6.07, 6.45) is 55.7. The molecule has 0 aliphatic rings. The van der Waals surface area contributed by atoms with Crippen LogP contribution in [0.25, 0.3) is 0 Å². The lowest BCUT2D eigenvalue weighted by atomic mass is 10.0. The molecule has 0 aromatic carbocycles. The van der Waals surface area contributed by atoms with Crippen LogP contribution in [0.4, 0.5) is 0 Å². The Labute approximate surface area is 581 Å². The standard InChI is InChI=1S/C76H148O17P2/c1-7-9-11-13-15-17-18-19-20-21-22-23-24-25-26-27-28-36-42-48-54-60-75(80)93-72(65-87-74(79)59-53-47-41-35-31-29-33-38-44-50-56-68(3)4)67-91-95(84,85)89-63-70(77)62-88-94(82,83)90-66-71(64-86-73(78)58-52-46-40-16-14-12-10-8-2)92-76(81)61-55-49-43-37-32-30-34-39-45-51-57-69(5)6/h68-72,77H,7-67H2,1-6H3,(H,82,83)(H,84,85)/t70-,71+,72+/m0/s1. The van der Waals surface area contributed by atoms with Crippen LogP contribution < -0.4 is 0 Å². The largest absolute Gasteiger partial charge is 0.472 e. The number of aliphatic hydroxyl groups is 1. The first-order valence-electron chi connectivity index (χ1n) is 39.5. The second kappa shape index (κ2) is 67.9. The summed E-state index contributed by atoms with van der Waals surface area (Å²) in [6, 6.07) is 0. The molecule has 5 atom stereocenters. The Kier molecular flexibility index (Phi) is 66.5. The average molecular weight is 1400 g/mol. The normalized spacial score (nSPS) is 14.0. The van der Waals surface area contributed by atoms with Crippen LogP contribution in [0.15, 0.2) is 0 Å². The third-order valence-corrected chi connectivity index (χ3v) is 19.6. The van der Waals surface area contributed by atoms with Crippen LogP contribution in [0.3, 0.4) is 0 Å². The van der Waals surface area contributed by atoms with Crippen molar-refractivity contribution in [2.24, 2.45) is 11.8 Å².